The van der Waals surface area contributed by atoms with Crippen LogP contribution in [0.2, 0.25) is 0 Å². The number of aliphatic carboxylic acids is 1. The number of carboxylic acid groups (broad SMARTS) is 1. The lowest BCUT2D eigenvalue weighted by Gasteiger charge is -2.18. The van der Waals surface area contributed by atoms with E-state index in [9.17, 15) is 9.59 Å². The Morgan fingerprint density at radius 2 is 2.00 bits per heavy atom. The quantitative estimate of drug-likeness (QED) is 0.828. The van der Waals surface area contributed by atoms with Crippen molar-refractivity contribution in [2.75, 3.05) is 5.32 Å². The summed E-state index contributed by atoms with van der Waals surface area (Å²) in [6.07, 6.45) is 1.69. The van der Waals surface area contributed by atoms with Gasteiger partial charge in [-0.15, -0.1) is 0 Å². The summed E-state index contributed by atoms with van der Waals surface area (Å²) in [5, 5.41) is 12.5. The van der Waals surface area contributed by atoms with Gasteiger partial charge in [0.05, 0.1) is 5.52 Å². The van der Waals surface area contributed by atoms with E-state index < -0.39 is 17.3 Å². The first-order valence-corrected chi connectivity index (χ1v) is 5.81. The monoisotopic (exact) mass is 258 g/mol. The Bertz CT molecular complexity index is 650. The molecule has 5 heteroatoms. The van der Waals surface area contributed by atoms with Crippen molar-refractivity contribution in [1.82, 2.24) is 4.98 Å². The number of rotatable bonds is 3. The van der Waals surface area contributed by atoms with Gasteiger partial charge in [-0.1, -0.05) is 6.07 Å². The van der Waals surface area contributed by atoms with Crippen LogP contribution in [0.25, 0.3) is 10.9 Å². The van der Waals surface area contributed by atoms with Crippen molar-refractivity contribution in [3.63, 3.8) is 0 Å². The third kappa shape index (κ3) is 2.54. The molecule has 98 valence electrons. The molecular formula is C14H14N2O3. The number of hydrogen-bond acceptors (Lipinski definition) is 3. The van der Waals surface area contributed by atoms with Gasteiger partial charge in [-0.3, -0.25) is 14.6 Å². The first-order chi connectivity index (χ1) is 8.91. The fourth-order valence-electron chi connectivity index (χ4n) is 1.54. The van der Waals surface area contributed by atoms with E-state index >= 15 is 0 Å². The number of benzene rings is 1. The maximum atomic E-state index is 11.9. The lowest BCUT2D eigenvalue weighted by molar-refractivity contribution is -0.151. The lowest BCUT2D eigenvalue weighted by Crippen LogP contribution is -2.37. The zero-order valence-electron chi connectivity index (χ0n) is 10.7. The molecule has 0 saturated heterocycles. The normalized spacial score (nSPS) is 11.3. The average Bonchev–Trinajstić information content (AvgIpc) is 2.38. The molecule has 2 rings (SSSR count). The molecule has 1 aromatic carbocycles. The van der Waals surface area contributed by atoms with Crippen LogP contribution in [-0.2, 0) is 9.59 Å². The number of nitrogens with zero attached hydrogens (tertiary/aromatic N) is 1. The number of pyridine rings is 1. The van der Waals surface area contributed by atoms with Crippen LogP contribution in [0.5, 0.6) is 0 Å². The van der Waals surface area contributed by atoms with Crippen LogP contribution in [0, 0.1) is 5.41 Å². The molecule has 1 heterocycles. The zero-order chi connectivity index (χ0) is 14.0. The summed E-state index contributed by atoms with van der Waals surface area (Å²) in [7, 11) is 0. The number of carboxylic acids is 1. The highest BCUT2D eigenvalue weighted by atomic mass is 16.4. The van der Waals surface area contributed by atoms with Crippen LogP contribution < -0.4 is 5.32 Å². The number of fused-ring (bicyclic) bond motifs is 1. The van der Waals surface area contributed by atoms with Gasteiger partial charge in [0.2, 0.25) is 5.91 Å². The van der Waals surface area contributed by atoms with Crippen LogP contribution in [0.15, 0.2) is 36.5 Å². The standard InChI is InChI=1S/C14H14N2O3/c1-14(2,13(18)19)12(17)16-10-5-6-11-9(8-10)4-3-7-15-11/h3-8H,1-2H3,(H,16,17)(H,18,19). The van der Waals surface area contributed by atoms with Crippen LogP contribution in [0.3, 0.4) is 0 Å². The highest BCUT2D eigenvalue weighted by Crippen LogP contribution is 2.21. The third-order valence-electron chi connectivity index (χ3n) is 2.96. The van der Waals surface area contributed by atoms with Crippen molar-refractivity contribution in [2.24, 2.45) is 5.41 Å². The molecule has 19 heavy (non-hydrogen) atoms. The molecular weight excluding hydrogens is 244 g/mol. The van der Waals surface area contributed by atoms with Gasteiger partial charge in [-0.2, -0.15) is 0 Å². The van der Waals surface area contributed by atoms with Gasteiger partial charge in [-0.05, 0) is 38.1 Å². The summed E-state index contributed by atoms with van der Waals surface area (Å²) in [6, 6.07) is 8.91. The zero-order valence-corrected chi connectivity index (χ0v) is 10.7. The first kappa shape index (κ1) is 13.0. The SMILES string of the molecule is CC(C)(C(=O)O)C(=O)Nc1ccc2ncccc2c1. The van der Waals surface area contributed by atoms with E-state index in [-0.39, 0.29) is 0 Å². The molecule has 1 aromatic heterocycles. The van der Waals surface area contributed by atoms with Crippen LogP contribution in [0.4, 0.5) is 5.69 Å². The van der Waals surface area contributed by atoms with Gasteiger partial charge in [-0.25, -0.2) is 0 Å². The number of carbonyl (C=O) groups excluding carboxylic acids is 1. The minimum Gasteiger partial charge on any atom is -0.480 e. The van der Waals surface area contributed by atoms with Crippen LogP contribution in [-0.4, -0.2) is 22.0 Å². The van der Waals surface area contributed by atoms with E-state index in [0.717, 1.165) is 10.9 Å². The Hall–Kier alpha value is -2.43. The first-order valence-electron chi connectivity index (χ1n) is 5.81. The van der Waals surface area contributed by atoms with Crippen molar-refractivity contribution in [1.29, 1.82) is 0 Å². The second-order valence-corrected chi connectivity index (χ2v) is 4.80. The molecule has 0 bridgehead atoms. The van der Waals surface area contributed by atoms with Gasteiger partial charge in [0.15, 0.2) is 0 Å². The van der Waals surface area contributed by atoms with Gasteiger partial charge in [0.25, 0.3) is 0 Å². The Morgan fingerprint density at radius 3 is 2.68 bits per heavy atom. The molecule has 5 nitrogen and oxygen atoms in total. The molecule has 0 atom stereocenters. The molecule has 0 unspecified atom stereocenters. The Balaban J connectivity index is 2.27. The summed E-state index contributed by atoms with van der Waals surface area (Å²) in [5.74, 6) is -1.71. The second-order valence-electron chi connectivity index (χ2n) is 4.80. The molecule has 1 amide bonds. The molecule has 0 saturated carbocycles. The van der Waals surface area contributed by atoms with E-state index in [1.807, 2.05) is 6.07 Å². The molecule has 0 radical (unpaired) electrons. The van der Waals surface area contributed by atoms with Gasteiger partial charge >= 0.3 is 5.97 Å². The van der Waals surface area contributed by atoms with Crippen LogP contribution >= 0.6 is 0 Å². The largest absolute Gasteiger partial charge is 0.480 e. The molecule has 0 aliphatic rings. The number of carbonyl (C=O) groups is 2. The number of aromatic nitrogens is 1. The number of amides is 1. The van der Waals surface area contributed by atoms with Crippen molar-refractivity contribution in [3.05, 3.63) is 36.5 Å². The molecule has 0 aliphatic heterocycles. The fraction of sp³-hybridized carbons (Fsp3) is 0.214. The topological polar surface area (TPSA) is 79.3 Å². The van der Waals surface area contributed by atoms with Crippen molar-refractivity contribution >= 4 is 28.5 Å². The maximum absolute atomic E-state index is 11.9. The van der Waals surface area contributed by atoms with Gasteiger partial charge < -0.3 is 10.4 Å². The molecule has 0 fully saturated rings. The number of anilines is 1. The van der Waals surface area contributed by atoms with E-state index in [1.54, 1.807) is 30.5 Å². The van der Waals surface area contributed by atoms with Crippen LogP contribution in [0.1, 0.15) is 13.8 Å². The Morgan fingerprint density at radius 1 is 1.26 bits per heavy atom. The minimum atomic E-state index is -1.47. The average molecular weight is 258 g/mol. The van der Waals surface area contributed by atoms with E-state index in [1.165, 1.54) is 13.8 Å². The third-order valence-corrected chi connectivity index (χ3v) is 2.96. The summed E-state index contributed by atoms with van der Waals surface area (Å²) < 4.78 is 0. The van der Waals surface area contributed by atoms with E-state index in [2.05, 4.69) is 10.3 Å². The van der Waals surface area contributed by atoms with Crippen molar-refractivity contribution in [3.8, 4) is 0 Å². The summed E-state index contributed by atoms with van der Waals surface area (Å²) in [6.45, 7) is 2.74. The second kappa shape index (κ2) is 4.68. The van der Waals surface area contributed by atoms with Gasteiger partial charge in [0.1, 0.15) is 5.41 Å². The molecule has 0 aliphatic carbocycles. The Labute approximate surface area is 110 Å². The highest BCUT2D eigenvalue weighted by Gasteiger charge is 2.35. The molecule has 2 N–H and O–H groups in total. The summed E-state index contributed by atoms with van der Waals surface area (Å²) in [5.41, 5.74) is -0.0954. The van der Waals surface area contributed by atoms with Crippen molar-refractivity contribution < 1.29 is 14.7 Å². The highest BCUT2D eigenvalue weighted by molar-refractivity contribution is 6.08. The summed E-state index contributed by atoms with van der Waals surface area (Å²) in [4.78, 5) is 27.1. The van der Waals surface area contributed by atoms with E-state index in [0.29, 0.717) is 5.69 Å². The fourth-order valence-corrected chi connectivity index (χ4v) is 1.54. The predicted molar refractivity (Wildman–Crippen MR) is 71.8 cm³/mol. The summed E-state index contributed by atoms with van der Waals surface area (Å²) >= 11 is 0. The smallest absolute Gasteiger partial charge is 0.318 e. The molecule has 2 aromatic rings. The van der Waals surface area contributed by atoms with E-state index in [4.69, 9.17) is 5.11 Å². The van der Waals surface area contributed by atoms with Gasteiger partial charge in [0, 0.05) is 17.3 Å². The minimum absolute atomic E-state index is 0.553. The Kier molecular flexibility index (Phi) is 3.21. The van der Waals surface area contributed by atoms with Crippen molar-refractivity contribution in [2.45, 2.75) is 13.8 Å². The number of hydrogen-bond donors (Lipinski definition) is 2. The lowest BCUT2D eigenvalue weighted by atomic mass is 9.92. The molecule has 0 spiro atoms. The predicted octanol–water partition coefficient (Wildman–Crippen LogP) is 2.28. The maximum Gasteiger partial charge on any atom is 0.318 e. The number of nitrogens with one attached hydrogen (secondary N) is 1.